The summed E-state index contributed by atoms with van der Waals surface area (Å²) in [6.45, 7) is 3.74. The molecule has 33 heavy (non-hydrogen) atoms. The van der Waals surface area contributed by atoms with Crippen LogP contribution in [0.2, 0.25) is 0 Å². The SMILES string of the molecule is CCC1(CC)C[C@H](NC(=O)CN(c2cc(OC)ccc2OC)S(C)(=O)=O)c2ccccc2O1. The molecule has 0 unspecified atom stereocenters. The van der Waals surface area contributed by atoms with E-state index >= 15 is 0 Å². The molecule has 1 aliphatic rings. The number of nitrogens with zero attached hydrogens (tertiary/aromatic N) is 1. The van der Waals surface area contributed by atoms with Crippen LogP contribution in [0.3, 0.4) is 0 Å². The van der Waals surface area contributed by atoms with Crippen LogP contribution in [0.5, 0.6) is 17.2 Å². The molecule has 1 N–H and O–H groups in total. The van der Waals surface area contributed by atoms with Gasteiger partial charge in [0.2, 0.25) is 15.9 Å². The lowest BCUT2D eigenvalue weighted by Gasteiger charge is -2.41. The van der Waals surface area contributed by atoms with Gasteiger partial charge in [-0.2, -0.15) is 0 Å². The number of carbonyl (C=O) groups excluding carboxylic acids is 1. The third-order valence-electron chi connectivity index (χ3n) is 6.16. The zero-order valence-electron chi connectivity index (χ0n) is 19.8. The van der Waals surface area contributed by atoms with Gasteiger partial charge in [0.1, 0.15) is 29.4 Å². The summed E-state index contributed by atoms with van der Waals surface area (Å²) >= 11 is 0. The second kappa shape index (κ2) is 9.91. The average molecular weight is 477 g/mol. The van der Waals surface area contributed by atoms with Crippen molar-refractivity contribution in [3.63, 3.8) is 0 Å². The second-order valence-electron chi connectivity index (χ2n) is 8.16. The largest absolute Gasteiger partial charge is 0.497 e. The molecule has 0 fully saturated rings. The standard InChI is InChI=1S/C24H32N2O6S/c1-6-24(7-2)15-19(18-10-8-9-11-21(18)32-24)25-23(27)16-26(33(5,28)29)20-14-17(30-3)12-13-22(20)31-4/h8-14,19H,6-7,15-16H2,1-5H3,(H,25,27)/t19-/m0/s1. The van der Waals surface area contributed by atoms with E-state index in [9.17, 15) is 13.2 Å². The first-order chi connectivity index (χ1) is 15.7. The molecule has 2 aromatic rings. The van der Waals surface area contributed by atoms with Crippen LogP contribution in [-0.4, -0.2) is 46.9 Å². The molecule has 1 atom stereocenters. The molecule has 1 heterocycles. The van der Waals surface area contributed by atoms with Crippen molar-refractivity contribution < 1.29 is 27.4 Å². The number of rotatable bonds is 9. The highest BCUT2D eigenvalue weighted by Crippen LogP contribution is 2.42. The lowest BCUT2D eigenvalue weighted by Crippen LogP contribution is -2.47. The minimum atomic E-state index is -3.79. The molecule has 3 rings (SSSR count). The fraction of sp³-hybridized carbons (Fsp3) is 0.458. The number of hydrogen-bond acceptors (Lipinski definition) is 6. The second-order valence-corrected chi connectivity index (χ2v) is 10.1. The predicted octanol–water partition coefficient (Wildman–Crippen LogP) is 3.67. The fourth-order valence-electron chi connectivity index (χ4n) is 4.17. The Balaban J connectivity index is 1.90. The van der Waals surface area contributed by atoms with E-state index in [1.807, 2.05) is 24.3 Å². The predicted molar refractivity (Wildman–Crippen MR) is 128 cm³/mol. The van der Waals surface area contributed by atoms with E-state index in [0.717, 1.165) is 34.7 Å². The minimum absolute atomic E-state index is 0.235. The third-order valence-corrected chi connectivity index (χ3v) is 7.29. The Morgan fingerprint density at radius 3 is 2.45 bits per heavy atom. The summed E-state index contributed by atoms with van der Waals surface area (Å²) in [7, 11) is -0.862. The zero-order valence-corrected chi connectivity index (χ0v) is 20.6. The van der Waals surface area contributed by atoms with Gasteiger partial charge in [-0.25, -0.2) is 8.42 Å². The third kappa shape index (κ3) is 5.35. The number of ether oxygens (including phenoxy) is 3. The number of fused-ring (bicyclic) bond motifs is 1. The van der Waals surface area contributed by atoms with E-state index in [1.165, 1.54) is 20.3 Å². The van der Waals surface area contributed by atoms with Crippen LogP contribution in [0, 0.1) is 0 Å². The van der Waals surface area contributed by atoms with Gasteiger partial charge in [-0.15, -0.1) is 0 Å². The highest BCUT2D eigenvalue weighted by molar-refractivity contribution is 7.92. The lowest BCUT2D eigenvalue weighted by molar-refractivity contribution is -0.121. The van der Waals surface area contributed by atoms with E-state index in [2.05, 4.69) is 19.2 Å². The average Bonchev–Trinajstić information content (AvgIpc) is 2.81. The van der Waals surface area contributed by atoms with Gasteiger partial charge in [0.15, 0.2) is 0 Å². The van der Waals surface area contributed by atoms with E-state index in [-0.39, 0.29) is 11.7 Å². The summed E-state index contributed by atoms with van der Waals surface area (Å²) in [4.78, 5) is 13.2. The molecule has 0 saturated carbocycles. The highest BCUT2D eigenvalue weighted by Gasteiger charge is 2.39. The maximum atomic E-state index is 13.2. The molecule has 1 aliphatic heterocycles. The van der Waals surface area contributed by atoms with Crippen LogP contribution in [0.1, 0.15) is 44.7 Å². The molecule has 2 aromatic carbocycles. The summed E-state index contributed by atoms with van der Waals surface area (Å²) in [6.07, 6.45) is 3.24. The molecule has 8 nitrogen and oxygen atoms in total. The van der Waals surface area contributed by atoms with Gasteiger partial charge in [-0.05, 0) is 31.0 Å². The molecule has 0 bridgehead atoms. The number of para-hydroxylation sites is 1. The quantitative estimate of drug-likeness (QED) is 0.594. The molecule has 0 aliphatic carbocycles. The topological polar surface area (TPSA) is 94.2 Å². The summed E-state index contributed by atoms with van der Waals surface area (Å²) in [5, 5.41) is 3.04. The Morgan fingerprint density at radius 1 is 1.15 bits per heavy atom. The number of sulfonamides is 1. The summed E-state index contributed by atoms with van der Waals surface area (Å²) < 4.78 is 43.2. The Hall–Kier alpha value is -2.94. The van der Waals surface area contributed by atoms with Crippen LogP contribution in [-0.2, 0) is 14.8 Å². The van der Waals surface area contributed by atoms with Crippen molar-refractivity contribution in [2.24, 2.45) is 0 Å². The van der Waals surface area contributed by atoms with E-state index in [1.54, 1.807) is 12.1 Å². The summed E-state index contributed by atoms with van der Waals surface area (Å²) in [5.74, 6) is 1.09. The molecule has 180 valence electrons. The number of hydrogen-bond donors (Lipinski definition) is 1. The normalized spacial score (nSPS) is 16.8. The first kappa shape index (κ1) is 24.7. The van der Waals surface area contributed by atoms with Gasteiger partial charge in [0.25, 0.3) is 0 Å². The highest BCUT2D eigenvalue weighted by atomic mass is 32.2. The Bertz CT molecular complexity index is 1100. The number of carbonyl (C=O) groups is 1. The lowest BCUT2D eigenvalue weighted by atomic mass is 9.83. The molecule has 0 saturated heterocycles. The molecule has 1 amide bonds. The van der Waals surface area contributed by atoms with Crippen molar-refractivity contribution in [1.29, 1.82) is 0 Å². The first-order valence-electron chi connectivity index (χ1n) is 10.9. The van der Waals surface area contributed by atoms with Gasteiger partial charge in [-0.3, -0.25) is 9.10 Å². The van der Waals surface area contributed by atoms with Gasteiger partial charge in [0, 0.05) is 18.1 Å². The Labute approximate surface area is 195 Å². The van der Waals surface area contributed by atoms with Crippen molar-refractivity contribution in [3.8, 4) is 17.2 Å². The van der Waals surface area contributed by atoms with Gasteiger partial charge >= 0.3 is 0 Å². The number of amides is 1. The number of anilines is 1. The van der Waals surface area contributed by atoms with Gasteiger partial charge in [-0.1, -0.05) is 32.0 Å². The Morgan fingerprint density at radius 2 is 1.85 bits per heavy atom. The molecule has 0 radical (unpaired) electrons. The minimum Gasteiger partial charge on any atom is -0.497 e. The van der Waals surface area contributed by atoms with Crippen LogP contribution < -0.4 is 23.8 Å². The van der Waals surface area contributed by atoms with Crippen LogP contribution >= 0.6 is 0 Å². The van der Waals surface area contributed by atoms with Crippen molar-refractivity contribution in [3.05, 3.63) is 48.0 Å². The van der Waals surface area contributed by atoms with E-state index < -0.39 is 28.1 Å². The molecular weight excluding hydrogens is 444 g/mol. The van der Waals surface area contributed by atoms with Crippen LogP contribution in [0.15, 0.2) is 42.5 Å². The van der Waals surface area contributed by atoms with Crippen molar-refractivity contribution >= 4 is 21.6 Å². The van der Waals surface area contributed by atoms with Gasteiger partial charge in [0.05, 0.1) is 32.2 Å². The molecular formula is C24H32N2O6S. The van der Waals surface area contributed by atoms with Crippen LogP contribution in [0.25, 0.3) is 0 Å². The number of methoxy groups -OCH3 is 2. The fourth-order valence-corrected chi connectivity index (χ4v) is 5.02. The monoisotopic (exact) mass is 476 g/mol. The smallest absolute Gasteiger partial charge is 0.241 e. The van der Waals surface area contributed by atoms with Gasteiger partial charge < -0.3 is 19.5 Å². The maximum absolute atomic E-state index is 13.2. The van der Waals surface area contributed by atoms with Crippen molar-refractivity contribution in [2.75, 3.05) is 31.3 Å². The summed E-state index contributed by atoms with van der Waals surface area (Å²) in [5.41, 5.74) is 0.727. The van der Waals surface area contributed by atoms with Crippen LogP contribution in [0.4, 0.5) is 5.69 Å². The van der Waals surface area contributed by atoms with E-state index in [4.69, 9.17) is 14.2 Å². The molecule has 0 aromatic heterocycles. The van der Waals surface area contributed by atoms with Crippen molar-refractivity contribution in [2.45, 2.75) is 44.8 Å². The summed E-state index contributed by atoms with van der Waals surface area (Å²) in [6, 6.07) is 12.1. The maximum Gasteiger partial charge on any atom is 0.241 e. The first-order valence-corrected chi connectivity index (χ1v) is 12.8. The molecule has 9 heteroatoms. The number of benzene rings is 2. The van der Waals surface area contributed by atoms with Crippen molar-refractivity contribution in [1.82, 2.24) is 5.32 Å². The molecule has 0 spiro atoms. The Kier molecular flexibility index (Phi) is 7.41. The number of nitrogens with one attached hydrogen (secondary N) is 1. The zero-order chi connectivity index (χ0) is 24.2. The van der Waals surface area contributed by atoms with E-state index in [0.29, 0.717) is 17.9 Å².